The van der Waals surface area contributed by atoms with Gasteiger partial charge in [0.2, 0.25) is 0 Å². The number of benzene rings is 5. The molecule has 0 amide bonds. The van der Waals surface area contributed by atoms with Crippen LogP contribution < -0.4 is 4.90 Å². The monoisotopic (exact) mass is 411 g/mol. The van der Waals surface area contributed by atoms with Gasteiger partial charge in [-0.2, -0.15) is 0 Å². The first kappa shape index (κ1) is 18.5. The van der Waals surface area contributed by atoms with E-state index in [1.165, 1.54) is 10.8 Å². The number of hydrogen-bond acceptors (Lipinski definition) is 2. The van der Waals surface area contributed by atoms with Gasteiger partial charge >= 0.3 is 0 Å². The molecule has 6 rings (SSSR count). The molecule has 0 atom stereocenters. The summed E-state index contributed by atoms with van der Waals surface area (Å²) in [5.74, 6) is 0.875. The Morgan fingerprint density at radius 1 is 0.438 bits per heavy atom. The summed E-state index contributed by atoms with van der Waals surface area (Å²) in [4.78, 5) is 2.29. The van der Waals surface area contributed by atoms with Crippen molar-refractivity contribution in [2.24, 2.45) is 0 Å². The maximum absolute atomic E-state index is 6.14. The molecule has 0 bridgehead atoms. The topological polar surface area (TPSA) is 16.4 Å². The van der Waals surface area contributed by atoms with E-state index in [-0.39, 0.29) is 0 Å². The molecule has 0 unspecified atom stereocenters. The van der Waals surface area contributed by atoms with Gasteiger partial charge < -0.3 is 9.32 Å². The summed E-state index contributed by atoms with van der Waals surface area (Å²) in [5, 5.41) is 3.57. The number of rotatable bonds is 4. The van der Waals surface area contributed by atoms with Crippen LogP contribution in [0.4, 0.5) is 17.1 Å². The second-order valence-corrected chi connectivity index (χ2v) is 7.90. The van der Waals surface area contributed by atoms with Crippen LogP contribution in [0.3, 0.4) is 0 Å². The van der Waals surface area contributed by atoms with Gasteiger partial charge in [-0.05, 0) is 59.3 Å². The molecule has 0 radical (unpaired) electrons. The van der Waals surface area contributed by atoms with Crippen molar-refractivity contribution < 1.29 is 4.42 Å². The second kappa shape index (κ2) is 7.75. The van der Waals surface area contributed by atoms with Crippen LogP contribution in [-0.4, -0.2) is 0 Å². The van der Waals surface area contributed by atoms with Crippen molar-refractivity contribution in [1.82, 2.24) is 0 Å². The fourth-order valence-electron chi connectivity index (χ4n) is 4.26. The number of hydrogen-bond donors (Lipinski definition) is 0. The van der Waals surface area contributed by atoms with Gasteiger partial charge in [0.15, 0.2) is 0 Å². The Morgan fingerprint density at radius 3 is 1.97 bits per heavy atom. The van der Waals surface area contributed by atoms with Crippen LogP contribution in [0.2, 0.25) is 0 Å². The standard InChI is InChI=1S/C30H21NO/c1-2-13-26(14-3-1)31(28-18-17-22-9-4-5-10-23(22)19-28)27-15-8-12-24(20-27)30-21-25-11-6-7-16-29(25)32-30/h1-21H. The van der Waals surface area contributed by atoms with Crippen molar-refractivity contribution >= 4 is 38.8 Å². The minimum absolute atomic E-state index is 0.875. The lowest BCUT2D eigenvalue weighted by Crippen LogP contribution is -2.09. The van der Waals surface area contributed by atoms with Crippen LogP contribution in [-0.2, 0) is 0 Å². The third kappa shape index (κ3) is 3.32. The minimum Gasteiger partial charge on any atom is -0.456 e. The molecule has 152 valence electrons. The van der Waals surface area contributed by atoms with Crippen LogP contribution >= 0.6 is 0 Å². The van der Waals surface area contributed by atoms with Gasteiger partial charge in [0.1, 0.15) is 11.3 Å². The highest BCUT2D eigenvalue weighted by Crippen LogP contribution is 2.38. The molecule has 6 aromatic rings. The highest BCUT2D eigenvalue weighted by atomic mass is 16.3. The van der Waals surface area contributed by atoms with Gasteiger partial charge in [-0.25, -0.2) is 0 Å². The Bertz CT molecular complexity index is 1500. The summed E-state index contributed by atoms with van der Waals surface area (Å²) in [6.45, 7) is 0. The smallest absolute Gasteiger partial charge is 0.135 e. The summed E-state index contributed by atoms with van der Waals surface area (Å²) in [7, 11) is 0. The molecule has 2 heteroatoms. The van der Waals surface area contributed by atoms with E-state index >= 15 is 0 Å². The molecule has 1 aromatic heterocycles. The third-order valence-corrected chi connectivity index (χ3v) is 5.82. The van der Waals surface area contributed by atoms with Crippen molar-refractivity contribution in [3.05, 3.63) is 127 Å². The van der Waals surface area contributed by atoms with Crippen LogP contribution in [0.5, 0.6) is 0 Å². The van der Waals surface area contributed by atoms with Gasteiger partial charge in [0.25, 0.3) is 0 Å². The van der Waals surface area contributed by atoms with E-state index in [0.717, 1.165) is 39.4 Å². The SMILES string of the molecule is c1ccc(N(c2cccc(-c3cc4ccccc4o3)c2)c2ccc3ccccc3c2)cc1. The summed E-state index contributed by atoms with van der Waals surface area (Å²) in [6.07, 6.45) is 0. The maximum Gasteiger partial charge on any atom is 0.135 e. The van der Waals surface area contributed by atoms with Gasteiger partial charge in [0, 0.05) is 28.0 Å². The lowest BCUT2D eigenvalue weighted by molar-refractivity contribution is 0.631. The van der Waals surface area contributed by atoms with Gasteiger partial charge in [0.05, 0.1) is 0 Å². The van der Waals surface area contributed by atoms with E-state index in [1.54, 1.807) is 0 Å². The zero-order valence-corrected chi connectivity index (χ0v) is 17.5. The highest BCUT2D eigenvalue weighted by Gasteiger charge is 2.14. The molecule has 0 spiro atoms. The number of anilines is 3. The average molecular weight is 412 g/mol. The van der Waals surface area contributed by atoms with E-state index in [4.69, 9.17) is 4.42 Å². The van der Waals surface area contributed by atoms with Crippen molar-refractivity contribution in [3.63, 3.8) is 0 Å². The average Bonchev–Trinajstić information content (AvgIpc) is 3.30. The lowest BCUT2D eigenvalue weighted by Gasteiger charge is -2.26. The molecule has 0 saturated heterocycles. The minimum atomic E-state index is 0.875. The third-order valence-electron chi connectivity index (χ3n) is 5.82. The Hall–Kier alpha value is -4.30. The summed E-state index contributed by atoms with van der Waals surface area (Å²) >= 11 is 0. The van der Waals surface area contributed by atoms with Crippen molar-refractivity contribution in [2.75, 3.05) is 4.90 Å². The Labute approximate surface area is 187 Å². The van der Waals surface area contributed by atoms with Crippen LogP contribution in [0.15, 0.2) is 132 Å². The molecule has 0 fully saturated rings. The van der Waals surface area contributed by atoms with Crippen molar-refractivity contribution in [3.8, 4) is 11.3 Å². The van der Waals surface area contributed by atoms with E-state index in [2.05, 4.69) is 108 Å². The zero-order chi connectivity index (χ0) is 21.3. The fraction of sp³-hybridized carbons (Fsp3) is 0. The molecular weight excluding hydrogens is 390 g/mol. The Kier molecular flexibility index (Phi) is 4.47. The molecule has 0 saturated carbocycles. The first-order chi connectivity index (χ1) is 15.8. The normalized spacial score (nSPS) is 11.1. The van der Waals surface area contributed by atoms with Crippen molar-refractivity contribution in [1.29, 1.82) is 0 Å². The Morgan fingerprint density at radius 2 is 1.12 bits per heavy atom. The molecule has 32 heavy (non-hydrogen) atoms. The first-order valence-corrected chi connectivity index (χ1v) is 10.8. The van der Waals surface area contributed by atoms with E-state index in [1.807, 2.05) is 24.3 Å². The van der Waals surface area contributed by atoms with Crippen LogP contribution in [0.1, 0.15) is 0 Å². The maximum atomic E-state index is 6.14. The highest BCUT2D eigenvalue weighted by molar-refractivity contribution is 5.90. The van der Waals surface area contributed by atoms with Gasteiger partial charge in [-0.15, -0.1) is 0 Å². The van der Waals surface area contributed by atoms with E-state index in [9.17, 15) is 0 Å². The lowest BCUT2D eigenvalue weighted by atomic mass is 10.1. The molecular formula is C30H21NO. The quantitative estimate of drug-likeness (QED) is 0.288. The molecule has 0 aliphatic rings. The molecule has 1 heterocycles. The molecule has 2 nitrogen and oxygen atoms in total. The van der Waals surface area contributed by atoms with Gasteiger partial charge in [-0.3, -0.25) is 0 Å². The fourth-order valence-corrected chi connectivity index (χ4v) is 4.26. The molecule has 0 N–H and O–H groups in total. The second-order valence-electron chi connectivity index (χ2n) is 7.90. The number of para-hydroxylation sites is 2. The predicted molar refractivity (Wildman–Crippen MR) is 134 cm³/mol. The van der Waals surface area contributed by atoms with E-state index in [0.29, 0.717) is 0 Å². The summed E-state index contributed by atoms with van der Waals surface area (Å²) < 4.78 is 6.14. The summed E-state index contributed by atoms with van der Waals surface area (Å²) in [5.41, 5.74) is 5.29. The molecule has 5 aromatic carbocycles. The first-order valence-electron chi connectivity index (χ1n) is 10.8. The summed E-state index contributed by atoms with van der Waals surface area (Å²) in [6, 6.07) is 44.3. The largest absolute Gasteiger partial charge is 0.456 e. The van der Waals surface area contributed by atoms with Crippen LogP contribution in [0.25, 0.3) is 33.1 Å². The molecule has 0 aliphatic heterocycles. The van der Waals surface area contributed by atoms with Crippen molar-refractivity contribution in [2.45, 2.75) is 0 Å². The van der Waals surface area contributed by atoms with Crippen LogP contribution in [0, 0.1) is 0 Å². The molecule has 0 aliphatic carbocycles. The number of fused-ring (bicyclic) bond motifs is 2. The van der Waals surface area contributed by atoms with E-state index < -0.39 is 0 Å². The zero-order valence-electron chi connectivity index (χ0n) is 17.5. The number of nitrogens with zero attached hydrogens (tertiary/aromatic N) is 1. The predicted octanol–water partition coefficient (Wildman–Crippen LogP) is 8.72. The Balaban J connectivity index is 1.50. The van der Waals surface area contributed by atoms with Gasteiger partial charge in [-0.1, -0.05) is 78.9 Å². The number of furan rings is 1.